The van der Waals surface area contributed by atoms with Crippen molar-refractivity contribution in [2.24, 2.45) is 5.41 Å². The third-order valence-corrected chi connectivity index (χ3v) is 5.88. The average molecular weight is 374 g/mol. The summed E-state index contributed by atoms with van der Waals surface area (Å²) in [6, 6.07) is 3.76. The van der Waals surface area contributed by atoms with Crippen LogP contribution in [-0.2, 0) is 4.79 Å². The molecule has 1 aromatic heterocycles. The molecule has 27 heavy (non-hydrogen) atoms. The van der Waals surface area contributed by atoms with Crippen LogP contribution >= 0.6 is 0 Å². The molecule has 2 aliphatic heterocycles. The van der Waals surface area contributed by atoms with Crippen LogP contribution in [0.25, 0.3) is 0 Å². The second kappa shape index (κ2) is 8.25. The first-order chi connectivity index (χ1) is 12.9. The molecule has 2 fully saturated rings. The van der Waals surface area contributed by atoms with Gasteiger partial charge in [0.15, 0.2) is 0 Å². The van der Waals surface area contributed by atoms with Crippen molar-refractivity contribution >= 4 is 17.6 Å². The Kier molecular flexibility index (Phi) is 5.99. The SMILES string of the molecule is CN(C)C(=O)c1ccc(N2CCC3(CCC(=O)N(CCCO)C3)CC2)nc1. The lowest BCUT2D eigenvalue weighted by Crippen LogP contribution is -2.51. The van der Waals surface area contributed by atoms with E-state index in [0.29, 0.717) is 24.9 Å². The number of hydrogen-bond donors (Lipinski definition) is 1. The molecular weight excluding hydrogens is 344 g/mol. The van der Waals surface area contributed by atoms with E-state index in [1.165, 1.54) is 0 Å². The van der Waals surface area contributed by atoms with E-state index >= 15 is 0 Å². The summed E-state index contributed by atoms with van der Waals surface area (Å²) in [6.45, 7) is 3.42. The predicted octanol–water partition coefficient (Wildman–Crippen LogP) is 1.37. The highest BCUT2D eigenvalue weighted by Crippen LogP contribution is 2.40. The van der Waals surface area contributed by atoms with Gasteiger partial charge in [0.25, 0.3) is 5.91 Å². The van der Waals surface area contributed by atoms with Gasteiger partial charge in [-0.1, -0.05) is 0 Å². The number of aliphatic hydroxyl groups is 1. The lowest BCUT2D eigenvalue weighted by Gasteiger charge is -2.47. The van der Waals surface area contributed by atoms with Crippen molar-refractivity contribution in [1.29, 1.82) is 0 Å². The van der Waals surface area contributed by atoms with Crippen LogP contribution in [0.5, 0.6) is 0 Å². The normalized spacial score (nSPS) is 19.4. The molecule has 7 heteroatoms. The molecule has 148 valence electrons. The van der Waals surface area contributed by atoms with E-state index in [9.17, 15) is 9.59 Å². The molecule has 2 aliphatic rings. The fourth-order valence-corrected chi connectivity index (χ4v) is 4.14. The van der Waals surface area contributed by atoms with E-state index in [0.717, 1.165) is 44.7 Å². The minimum atomic E-state index is -0.0403. The second-order valence-corrected chi connectivity index (χ2v) is 7.98. The lowest BCUT2D eigenvalue weighted by atomic mass is 9.72. The van der Waals surface area contributed by atoms with Gasteiger partial charge in [0.1, 0.15) is 5.82 Å². The molecule has 0 atom stereocenters. The van der Waals surface area contributed by atoms with Crippen molar-refractivity contribution in [1.82, 2.24) is 14.8 Å². The van der Waals surface area contributed by atoms with Crippen molar-refractivity contribution in [2.45, 2.75) is 32.1 Å². The Balaban J connectivity index is 1.60. The molecule has 3 rings (SSSR count). The fraction of sp³-hybridized carbons (Fsp3) is 0.650. The zero-order chi connectivity index (χ0) is 19.4. The topological polar surface area (TPSA) is 77.0 Å². The number of carbonyl (C=O) groups excluding carboxylic acids is 2. The zero-order valence-electron chi connectivity index (χ0n) is 16.4. The van der Waals surface area contributed by atoms with E-state index in [4.69, 9.17) is 5.11 Å². The number of hydrogen-bond acceptors (Lipinski definition) is 5. The third-order valence-electron chi connectivity index (χ3n) is 5.88. The summed E-state index contributed by atoms with van der Waals surface area (Å²) in [5.41, 5.74) is 0.795. The van der Waals surface area contributed by atoms with Gasteiger partial charge in [0.2, 0.25) is 5.91 Å². The van der Waals surface area contributed by atoms with Gasteiger partial charge >= 0.3 is 0 Å². The fourth-order valence-electron chi connectivity index (χ4n) is 4.14. The molecule has 2 saturated heterocycles. The first-order valence-corrected chi connectivity index (χ1v) is 9.75. The van der Waals surface area contributed by atoms with E-state index < -0.39 is 0 Å². The summed E-state index contributed by atoms with van der Waals surface area (Å²) in [6.07, 6.45) is 5.95. The van der Waals surface area contributed by atoms with Crippen molar-refractivity contribution in [3.8, 4) is 0 Å². The minimum Gasteiger partial charge on any atom is -0.396 e. The third kappa shape index (κ3) is 4.40. The van der Waals surface area contributed by atoms with Gasteiger partial charge in [-0.3, -0.25) is 9.59 Å². The Morgan fingerprint density at radius 1 is 1.26 bits per heavy atom. The molecule has 1 N–H and O–H groups in total. The quantitative estimate of drug-likeness (QED) is 0.842. The molecule has 3 heterocycles. The van der Waals surface area contributed by atoms with Crippen LogP contribution in [0.3, 0.4) is 0 Å². The monoisotopic (exact) mass is 374 g/mol. The molecule has 0 saturated carbocycles. The van der Waals surface area contributed by atoms with Crippen molar-refractivity contribution in [3.05, 3.63) is 23.9 Å². The van der Waals surface area contributed by atoms with Crippen LogP contribution in [0.15, 0.2) is 18.3 Å². The van der Waals surface area contributed by atoms with E-state index in [1.54, 1.807) is 25.2 Å². The Morgan fingerprint density at radius 3 is 2.59 bits per heavy atom. The number of amides is 2. The van der Waals surface area contributed by atoms with Gasteiger partial charge in [-0.05, 0) is 43.2 Å². The summed E-state index contributed by atoms with van der Waals surface area (Å²) >= 11 is 0. The highest BCUT2D eigenvalue weighted by molar-refractivity contribution is 5.93. The highest BCUT2D eigenvalue weighted by atomic mass is 16.3. The number of likely N-dealkylation sites (tertiary alicyclic amines) is 1. The lowest BCUT2D eigenvalue weighted by molar-refractivity contribution is -0.138. The maximum atomic E-state index is 12.1. The number of carbonyl (C=O) groups is 2. The van der Waals surface area contributed by atoms with E-state index in [2.05, 4.69) is 9.88 Å². The summed E-state index contributed by atoms with van der Waals surface area (Å²) < 4.78 is 0. The Labute approximate surface area is 161 Å². The Bertz CT molecular complexity index is 666. The van der Waals surface area contributed by atoms with Crippen molar-refractivity contribution in [2.75, 3.05) is 51.8 Å². The first kappa shape index (κ1) is 19.6. The second-order valence-electron chi connectivity index (χ2n) is 7.98. The smallest absolute Gasteiger partial charge is 0.254 e. The Hall–Kier alpha value is -2.15. The Morgan fingerprint density at radius 2 is 2.00 bits per heavy atom. The molecule has 1 aromatic rings. The molecular formula is C20H30N4O3. The maximum Gasteiger partial charge on any atom is 0.254 e. The van der Waals surface area contributed by atoms with Gasteiger partial charge in [0.05, 0.1) is 5.56 Å². The number of piperidine rings is 2. The van der Waals surface area contributed by atoms with Crippen molar-refractivity contribution in [3.63, 3.8) is 0 Å². The van der Waals surface area contributed by atoms with Gasteiger partial charge in [0, 0.05) is 59.5 Å². The predicted molar refractivity (Wildman–Crippen MR) is 104 cm³/mol. The molecule has 0 aliphatic carbocycles. The number of aliphatic hydroxyl groups excluding tert-OH is 1. The van der Waals surface area contributed by atoms with Gasteiger partial charge in [-0.2, -0.15) is 0 Å². The van der Waals surface area contributed by atoms with Gasteiger partial charge in [-0.25, -0.2) is 4.98 Å². The molecule has 0 bridgehead atoms. The number of anilines is 1. The largest absolute Gasteiger partial charge is 0.396 e. The molecule has 1 spiro atoms. The molecule has 0 unspecified atom stereocenters. The summed E-state index contributed by atoms with van der Waals surface area (Å²) in [5.74, 6) is 1.09. The van der Waals surface area contributed by atoms with E-state index in [-0.39, 0.29) is 23.8 Å². The van der Waals surface area contributed by atoms with E-state index in [1.807, 2.05) is 17.0 Å². The molecule has 2 amide bonds. The summed E-state index contributed by atoms with van der Waals surface area (Å²) in [7, 11) is 3.47. The number of pyridine rings is 1. The highest BCUT2D eigenvalue weighted by Gasteiger charge is 2.40. The van der Waals surface area contributed by atoms with Crippen LogP contribution in [0.1, 0.15) is 42.5 Å². The first-order valence-electron chi connectivity index (χ1n) is 9.75. The van der Waals surface area contributed by atoms with Crippen LogP contribution in [0.4, 0.5) is 5.82 Å². The van der Waals surface area contributed by atoms with Crippen LogP contribution in [0, 0.1) is 5.41 Å². The standard InChI is InChI=1S/C20H30N4O3/c1-22(2)19(27)16-4-5-17(21-14-16)23-11-8-20(9-12-23)7-6-18(26)24(15-20)10-3-13-25/h4-5,14,25H,3,6-13,15H2,1-2H3. The van der Waals surface area contributed by atoms with Crippen molar-refractivity contribution < 1.29 is 14.7 Å². The maximum absolute atomic E-state index is 12.1. The average Bonchev–Trinajstić information content (AvgIpc) is 2.69. The molecule has 0 aromatic carbocycles. The van der Waals surface area contributed by atoms with Crippen LogP contribution < -0.4 is 4.90 Å². The van der Waals surface area contributed by atoms with Gasteiger partial charge in [-0.15, -0.1) is 0 Å². The van der Waals surface area contributed by atoms with Crippen LogP contribution in [-0.4, -0.2) is 78.6 Å². The van der Waals surface area contributed by atoms with Crippen LogP contribution in [0.2, 0.25) is 0 Å². The number of rotatable bonds is 5. The van der Waals surface area contributed by atoms with Gasteiger partial charge < -0.3 is 19.8 Å². The molecule has 7 nitrogen and oxygen atoms in total. The minimum absolute atomic E-state index is 0.0403. The number of aromatic nitrogens is 1. The zero-order valence-corrected chi connectivity index (χ0v) is 16.4. The number of nitrogens with zero attached hydrogens (tertiary/aromatic N) is 4. The summed E-state index contributed by atoms with van der Waals surface area (Å²) in [4.78, 5) is 34.4. The summed E-state index contributed by atoms with van der Waals surface area (Å²) in [5, 5.41) is 9.05. The molecule has 0 radical (unpaired) electrons.